The van der Waals surface area contributed by atoms with Gasteiger partial charge in [0.05, 0.1) is 5.92 Å². The van der Waals surface area contributed by atoms with Gasteiger partial charge in [-0.15, -0.1) is 0 Å². The monoisotopic (exact) mass is 324 g/mol. The van der Waals surface area contributed by atoms with Gasteiger partial charge in [-0.2, -0.15) is 13.2 Å². The van der Waals surface area contributed by atoms with E-state index in [9.17, 15) is 27.6 Å². The molecule has 1 rings (SSSR count). The second kappa shape index (κ2) is 6.97. The van der Waals surface area contributed by atoms with Gasteiger partial charge < -0.3 is 15.3 Å². The number of halogens is 3. The molecular weight excluding hydrogens is 305 g/mol. The number of hydrogen-bond acceptors (Lipinski definition) is 3. The molecule has 2 amide bonds. The van der Waals surface area contributed by atoms with Crippen molar-refractivity contribution in [2.75, 3.05) is 13.1 Å². The lowest BCUT2D eigenvalue weighted by atomic mass is 10.0. The van der Waals surface area contributed by atoms with Crippen molar-refractivity contribution in [2.45, 2.75) is 38.9 Å². The molecule has 1 saturated heterocycles. The quantitative estimate of drug-likeness (QED) is 0.763. The van der Waals surface area contributed by atoms with Gasteiger partial charge >= 0.3 is 12.1 Å². The van der Waals surface area contributed by atoms with Crippen LogP contribution in [0.5, 0.6) is 0 Å². The Hall–Kier alpha value is -1.80. The molecule has 2 unspecified atom stereocenters. The molecule has 126 valence electrons. The maximum absolute atomic E-state index is 12.3. The zero-order chi connectivity index (χ0) is 17.1. The molecule has 0 aromatic rings. The summed E-state index contributed by atoms with van der Waals surface area (Å²) in [6.45, 7) is 1.82. The SMILES string of the molecule is CC(C)CC(NC(=O)C1CC(=O)N(CC(F)(F)F)C1)C(=O)O. The Morgan fingerprint density at radius 2 is 2.00 bits per heavy atom. The Morgan fingerprint density at radius 1 is 1.41 bits per heavy atom. The minimum absolute atomic E-state index is 0.0216. The smallest absolute Gasteiger partial charge is 0.406 e. The van der Waals surface area contributed by atoms with Crippen LogP contribution in [0.4, 0.5) is 13.2 Å². The number of carboxylic acid groups (broad SMARTS) is 1. The molecule has 9 heteroatoms. The molecule has 6 nitrogen and oxygen atoms in total. The van der Waals surface area contributed by atoms with Crippen molar-refractivity contribution in [3.05, 3.63) is 0 Å². The van der Waals surface area contributed by atoms with Gasteiger partial charge in [0.25, 0.3) is 0 Å². The maximum atomic E-state index is 12.3. The summed E-state index contributed by atoms with van der Waals surface area (Å²) in [6, 6.07) is -1.11. The molecule has 1 aliphatic heterocycles. The van der Waals surface area contributed by atoms with Crippen molar-refractivity contribution in [3.63, 3.8) is 0 Å². The fourth-order valence-corrected chi connectivity index (χ4v) is 2.30. The second-order valence-electron chi connectivity index (χ2n) is 5.82. The van der Waals surface area contributed by atoms with E-state index in [1.54, 1.807) is 13.8 Å². The number of nitrogens with one attached hydrogen (secondary N) is 1. The first-order chi connectivity index (χ1) is 9.99. The van der Waals surface area contributed by atoms with E-state index in [1.165, 1.54) is 0 Å². The summed E-state index contributed by atoms with van der Waals surface area (Å²) >= 11 is 0. The fraction of sp³-hybridized carbons (Fsp3) is 0.769. The van der Waals surface area contributed by atoms with Crippen molar-refractivity contribution in [3.8, 4) is 0 Å². The van der Waals surface area contributed by atoms with Gasteiger partial charge in [0.2, 0.25) is 11.8 Å². The highest BCUT2D eigenvalue weighted by Crippen LogP contribution is 2.24. The Bertz CT molecular complexity index is 451. The molecule has 0 spiro atoms. The zero-order valence-corrected chi connectivity index (χ0v) is 12.3. The minimum Gasteiger partial charge on any atom is -0.480 e. The number of carbonyl (C=O) groups excluding carboxylic acids is 2. The van der Waals surface area contributed by atoms with E-state index >= 15 is 0 Å². The van der Waals surface area contributed by atoms with Crippen LogP contribution in [0.15, 0.2) is 0 Å². The number of rotatable bonds is 6. The molecular formula is C13H19F3N2O4. The zero-order valence-electron chi connectivity index (χ0n) is 12.3. The molecule has 2 atom stereocenters. The minimum atomic E-state index is -4.53. The summed E-state index contributed by atoms with van der Waals surface area (Å²) in [6.07, 6.45) is -4.66. The van der Waals surface area contributed by atoms with Gasteiger partial charge in [-0.05, 0) is 12.3 Å². The average Bonchev–Trinajstić information content (AvgIpc) is 2.67. The summed E-state index contributed by atoms with van der Waals surface area (Å²) in [4.78, 5) is 35.1. The van der Waals surface area contributed by atoms with Crippen molar-refractivity contribution in [1.29, 1.82) is 0 Å². The van der Waals surface area contributed by atoms with E-state index in [0.717, 1.165) is 0 Å². The van der Waals surface area contributed by atoms with Crippen LogP contribution in [0.2, 0.25) is 0 Å². The van der Waals surface area contributed by atoms with E-state index in [-0.39, 0.29) is 25.3 Å². The first-order valence-electron chi connectivity index (χ1n) is 6.87. The second-order valence-corrected chi connectivity index (χ2v) is 5.82. The highest BCUT2D eigenvalue weighted by molar-refractivity contribution is 5.91. The summed E-state index contributed by atoms with van der Waals surface area (Å²) in [5.41, 5.74) is 0. The van der Waals surface area contributed by atoms with Crippen molar-refractivity contribution in [2.24, 2.45) is 11.8 Å². The largest absolute Gasteiger partial charge is 0.480 e. The van der Waals surface area contributed by atoms with Crippen LogP contribution in [0, 0.1) is 11.8 Å². The average molecular weight is 324 g/mol. The van der Waals surface area contributed by atoms with E-state index < -0.39 is 42.5 Å². The Labute approximate surface area is 125 Å². The number of likely N-dealkylation sites (tertiary alicyclic amines) is 1. The van der Waals surface area contributed by atoms with E-state index in [4.69, 9.17) is 5.11 Å². The molecule has 1 heterocycles. The molecule has 2 N–H and O–H groups in total. The van der Waals surface area contributed by atoms with Crippen molar-refractivity contribution >= 4 is 17.8 Å². The van der Waals surface area contributed by atoms with Gasteiger partial charge in [0.15, 0.2) is 0 Å². The molecule has 0 aliphatic carbocycles. The van der Waals surface area contributed by atoms with Crippen LogP contribution in [0.3, 0.4) is 0 Å². The lowest BCUT2D eigenvalue weighted by Gasteiger charge is -2.20. The molecule has 0 aromatic heterocycles. The number of alkyl halides is 3. The summed E-state index contributed by atoms with van der Waals surface area (Å²) < 4.78 is 36.9. The van der Waals surface area contributed by atoms with Crippen molar-refractivity contribution < 1.29 is 32.7 Å². The standard InChI is InChI=1S/C13H19F3N2O4/c1-7(2)3-9(12(21)22)17-11(20)8-4-10(19)18(5-8)6-13(14,15)16/h7-9H,3-6H2,1-2H3,(H,17,20)(H,21,22). The van der Waals surface area contributed by atoms with E-state index in [2.05, 4.69) is 5.32 Å². The van der Waals surface area contributed by atoms with Crippen LogP contribution in [0.1, 0.15) is 26.7 Å². The van der Waals surface area contributed by atoms with Gasteiger partial charge in [0, 0.05) is 13.0 Å². The Kier molecular flexibility index (Phi) is 5.78. The normalized spacial score (nSPS) is 20.4. The third kappa shape index (κ3) is 5.53. The van der Waals surface area contributed by atoms with Crippen molar-refractivity contribution in [1.82, 2.24) is 10.2 Å². The molecule has 0 radical (unpaired) electrons. The first-order valence-corrected chi connectivity index (χ1v) is 6.87. The third-order valence-electron chi connectivity index (χ3n) is 3.28. The predicted molar refractivity (Wildman–Crippen MR) is 69.8 cm³/mol. The van der Waals surface area contributed by atoms with Gasteiger partial charge in [-0.3, -0.25) is 9.59 Å². The van der Waals surface area contributed by atoms with Crippen LogP contribution >= 0.6 is 0 Å². The Morgan fingerprint density at radius 3 is 2.45 bits per heavy atom. The lowest BCUT2D eigenvalue weighted by Crippen LogP contribution is -2.45. The number of hydrogen-bond donors (Lipinski definition) is 2. The number of carbonyl (C=O) groups is 3. The van der Waals surface area contributed by atoms with Crippen LogP contribution in [0.25, 0.3) is 0 Å². The van der Waals surface area contributed by atoms with Crippen LogP contribution in [-0.2, 0) is 14.4 Å². The fourth-order valence-electron chi connectivity index (χ4n) is 2.30. The van der Waals surface area contributed by atoms with Gasteiger partial charge in [-0.1, -0.05) is 13.8 Å². The number of aliphatic carboxylic acids is 1. The maximum Gasteiger partial charge on any atom is 0.406 e. The molecule has 0 aromatic carbocycles. The summed E-state index contributed by atoms with van der Waals surface area (Å²) in [5, 5.41) is 11.3. The molecule has 1 aliphatic rings. The lowest BCUT2D eigenvalue weighted by molar-refractivity contribution is -0.157. The molecule has 0 bridgehead atoms. The van der Waals surface area contributed by atoms with Gasteiger partial charge in [0.1, 0.15) is 12.6 Å². The van der Waals surface area contributed by atoms with Crippen LogP contribution in [-0.4, -0.2) is 53.1 Å². The van der Waals surface area contributed by atoms with Crippen LogP contribution < -0.4 is 5.32 Å². The predicted octanol–water partition coefficient (Wildman–Crippen LogP) is 1.01. The third-order valence-corrected chi connectivity index (χ3v) is 3.28. The highest BCUT2D eigenvalue weighted by atomic mass is 19.4. The number of nitrogens with zero attached hydrogens (tertiary/aromatic N) is 1. The molecule has 0 saturated carbocycles. The number of amides is 2. The van der Waals surface area contributed by atoms with E-state index in [1.807, 2.05) is 0 Å². The van der Waals surface area contributed by atoms with E-state index in [0.29, 0.717) is 4.90 Å². The van der Waals surface area contributed by atoms with Gasteiger partial charge in [-0.25, -0.2) is 4.79 Å². The first kappa shape index (κ1) is 18.2. The topological polar surface area (TPSA) is 86.7 Å². The molecule has 22 heavy (non-hydrogen) atoms. The Balaban J connectivity index is 2.63. The summed E-state index contributed by atoms with van der Waals surface area (Å²) in [7, 11) is 0. The highest BCUT2D eigenvalue weighted by Gasteiger charge is 2.41. The summed E-state index contributed by atoms with van der Waals surface area (Å²) in [5.74, 6) is -3.60. The molecule has 1 fully saturated rings. The number of carboxylic acids is 1.